The second-order valence-corrected chi connectivity index (χ2v) is 9.05. The van der Waals surface area contributed by atoms with Crippen LogP contribution in [0.3, 0.4) is 0 Å². The minimum absolute atomic E-state index is 0.00433. The van der Waals surface area contributed by atoms with Gasteiger partial charge in [-0.3, -0.25) is 14.6 Å². The summed E-state index contributed by atoms with van der Waals surface area (Å²) in [5.74, 6) is 1.34. The molecular weight excluding hydrogens is 396 g/mol. The molecule has 3 aromatic heterocycles. The van der Waals surface area contributed by atoms with E-state index in [-0.39, 0.29) is 23.1 Å². The van der Waals surface area contributed by atoms with Gasteiger partial charge in [-0.15, -0.1) is 0 Å². The third kappa shape index (κ3) is 3.60. The number of piperidine rings is 1. The van der Waals surface area contributed by atoms with Gasteiger partial charge >= 0.3 is 0 Å². The van der Waals surface area contributed by atoms with Crippen LogP contribution in [0.1, 0.15) is 65.7 Å². The first-order valence-electron chi connectivity index (χ1n) is 10.8. The van der Waals surface area contributed by atoms with Gasteiger partial charge in [-0.2, -0.15) is 0 Å². The molecule has 2 aliphatic rings. The van der Waals surface area contributed by atoms with Crippen molar-refractivity contribution in [2.75, 3.05) is 19.6 Å². The fraction of sp³-hybridized carbons (Fsp3) is 0.478. The van der Waals surface area contributed by atoms with Crippen LogP contribution >= 0.6 is 0 Å². The Labute approximate surface area is 180 Å². The van der Waals surface area contributed by atoms with E-state index in [1.54, 1.807) is 18.5 Å². The Hall–Kier alpha value is -3.16. The second-order valence-electron chi connectivity index (χ2n) is 9.05. The molecule has 1 saturated carbocycles. The number of hydrogen-bond acceptors (Lipinski definition) is 6. The zero-order valence-electron chi connectivity index (χ0n) is 17.8. The fourth-order valence-electron chi connectivity index (χ4n) is 4.78. The summed E-state index contributed by atoms with van der Waals surface area (Å²) in [7, 11) is 0. The maximum absolute atomic E-state index is 12.9. The zero-order valence-corrected chi connectivity index (χ0v) is 17.8. The molecule has 1 spiro atoms. The number of nitrogens with one attached hydrogen (secondary N) is 1. The van der Waals surface area contributed by atoms with Crippen LogP contribution in [0, 0.1) is 11.3 Å². The Kier molecular flexibility index (Phi) is 4.79. The van der Waals surface area contributed by atoms with Crippen molar-refractivity contribution < 1.29 is 18.5 Å². The molecule has 3 aromatic rings. The monoisotopic (exact) mass is 422 g/mol. The first-order chi connectivity index (χ1) is 15.0. The summed E-state index contributed by atoms with van der Waals surface area (Å²) in [6, 6.07) is 3.57. The van der Waals surface area contributed by atoms with Gasteiger partial charge in [0.2, 0.25) is 0 Å². The lowest BCUT2D eigenvalue weighted by atomic mass is 9.90. The van der Waals surface area contributed by atoms with Crippen LogP contribution in [0.15, 0.2) is 39.7 Å². The number of rotatable bonds is 5. The van der Waals surface area contributed by atoms with Crippen molar-refractivity contribution in [1.82, 2.24) is 20.4 Å². The van der Waals surface area contributed by atoms with Crippen LogP contribution in [0.25, 0.3) is 11.0 Å². The molecule has 0 bridgehead atoms. The Morgan fingerprint density at radius 3 is 2.84 bits per heavy atom. The number of fused-ring (bicyclic) bond motifs is 1. The van der Waals surface area contributed by atoms with E-state index < -0.39 is 0 Å². The average Bonchev–Trinajstić information content (AvgIpc) is 3.16. The summed E-state index contributed by atoms with van der Waals surface area (Å²) < 4.78 is 10.9. The van der Waals surface area contributed by atoms with Crippen LogP contribution in [0.5, 0.6) is 0 Å². The van der Waals surface area contributed by atoms with Crippen molar-refractivity contribution in [2.45, 2.75) is 39.0 Å². The van der Waals surface area contributed by atoms with Crippen LogP contribution in [-0.2, 0) is 0 Å². The van der Waals surface area contributed by atoms with Gasteiger partial charge < -0.3 is 19.2 Å². The van der Waals surface area contributed by atoms with Crippen LogP contribution < -0.4 is 5.32 Å². The molecule has 8 nitrogen and oxygen atoms in total. The number of amides is 2. The van der Waals surface area contributed by atoms with Gasteiger partial charge in [0.25, 0.3) is 11.8 Å². The smallest absolute Gasteiger partial charge is 0.287 e. The largest absolute Gasteiger partial charge is 0.449 e. The molecule has 8 heteroatoms. The molecule has 0 aromatic carbocycles. The predicted molar refractivity (Wildman–Crippen MR) is 113 cm³/mol. The number of furan rings is 1. The summed E-state index contributed by atoms with van der Waals surface area (Å²) in [5, 5.41) is 7.70. The highest BCUT2D eigenvalue weighted by molar-refractivity contribution is 5.96. The predicted octanol–water partition coefficient (Wildman–Crippen LogP) is 3.61. The van der Waals surface area contributed by atoms with Gasteiger partial charge in [0.05, 0.1) is 12.4 Å². The normalized spacial score (nSPS) is 19.8. The molecule has 2 amide bonds. The molecule has 31 heavy (non-hydrogen) atoms. The molecule has 162 valence electrons. The first-order valence-corrected chi connectivity index (χ1v) is 10.8. The number of hydrogen-bond donors (Lipinski definition) is 1. The van der Waals surface area contributed by atoms with E-state index >= 15 is 0 Å². The number of pyridine rings is 1. The van der Waals surface area contributed by atoms with Crippen molar-refractivity contribution in [3.05, 3.63) is 47.8 Å². The third-order valence-corrected chi connectivity index (χ3v) is 6.81. The maximum atomic E-state index is 12.9. The SMILES string of the molecule is CC(C)c1oncc1C(=O)N1CCC2(CC1)CC2CNC(=O)c1cc2ccncc2o1. The number of carbonyl (C=O) groups excluding carboxylic acids is 2. The first kappa shape index (κ1) is 19.8. The van der Waals surface area contributed by atoms with E-state index in [9.17, 15) is 9.59 Å². The highest BCUT2D eigenvalue weighted by Gasteiger charge is 2.55. The lowest BCUT2D eigenvalue weighted by molar-refractivity contribution is 0.0666. The summed E-state index contributed by atoms with van der Waals surface area (Å²) in [6.07, 6.45) is 7.82. The summed E-state index contributed by atoms with van der Waals surface area (Å²) >= 11 is 0. The highest BCUT2D eigenvalue weighted by Crippen LogP contribution is 2.59. The number of carbonyl (C=O) groups is 2. The van der Waals surface area contributed by atoms with Crippen LogP contribution in [0.2, 0.25) is 0 Å². The van der Waals surface area contributed by atoms with E-state index in [0.29, 0.717) is 35.1 Å². The Morgan fingerprint density at radius 2 is 2.10 bits per heavy atom. The second kappa shape index (κ2) is 7.51. The molecule has 5 rings (SSSR count). The molecule has 1 unspecified atom stereocenters. The Balaban J connectivity index is 1.14. The summed E-state index contributed by atoms with van der Waals surface area (Å²) in [5.41, 5.74) is 1.42. The minimum Gasteiger partial charge on any atom is -0.449 e. The fourth-order valence-corrected chi connectivity index (χ4v) is 4.78. The molecule has 1 aliphatic heterocycles. The zero-order chi connectivity index (χ0) is 21.6. The van der Waals surface area contributed by atoms with Crippen molar-refractivity contribution >= 4 is 22.8 Å². The lowest BCUT2D eigenvalue weighted by Gasteiger charge is -2.33. The van der Waals surface area contributed by atoms with Gasteiger partial charge in [-0.25, -0.2) is 0 Å². The molecule has 2 fully saturated rings. The van der Waals surface area contributed by atoms with Crippen molar-refractivity contribution in [1.29, 1.82) is 0 Å². The standard InChI is InChI=1S/C23H26N4O4/c1-14(2)20-17(12-26-31-20)22(29)27-7-4-23(5-8-27)10-16(23)11-25-21(28)18-9-15-3-6-24-13-19(15)30-18/h3,6,9,12-14,16H,4-5,7-8,10-11H2,1-2H3,(H,25,28). The van der Waals surface area contributed by atoms with Crippen molar-refractivity contribution in [3.63, 3.8) is 0 Å². The Morgan fingerprint density at radius 1 is 1.29 bits per heavy atom. The maximum Gasteiger partial charge on any atom is 0.287 e. The minimum atomic E-state index is -0.195. The van der Waals surface area contributed by atoms with Gasteiger partial charge in [-0.1, -0.05) is 19.0 Å². The van der Waals surface area contributed by atoms with E-state index in [2.05, 4.69) is 15.5 Å². The molecule has 1 aliphatic carbocycles. The molecule has 1 saturated heterocycles. The lowest BCUT2D eigenvalue weighted by Crippen LogP contribution is -2.40. The van der Waals surface area contributed by atoms with Gasteiger partial charge in [0.15, 0.2) is 17.1 Å². The van der Waals surface area contributed by atoms with E-state index in [1.807, 2.05) is 24.8 Å². The number of aromatic nitrogens is 2. The highest BCUT2D eigenvalue weighted by atomic mass is 16.5. The molecule has 0 radical (unpaired) electrons. The van der Waals surface area contributed by atoms with Crippen LogP contribution in [-0.4, -0.2) is 46.5 Å². The van der Waals surface area contributed by atoms with E-state index in [1.165, 1.54) is 6.20 Å². The molecule has 1 atom stereocenters. The molecule has 1 N–H and O–H groups in total. The van der Waals surface area contributed by atoms with Crippen molar-refractivity contribution in [2.24, 2.45) is 11.3 Å². The summed E-state index contributed by atoms with van der Waals surface area (Å²) in [6.45, 7) is 6.07. The van der Waals surface area contributed by atoms with Gasteiger partial charge in [0.1, 0.15) is 5.56 Å². The van der Waals surface area contributed by atoms with Crippen molar-refractivity contribution in [3.8, 4) is 0 Å². The number of nitrogens with zero attached hydrogens (tertiary/aromatic N) is 3. The van der Waals surface area contributed by atoms with E-state index in [4.69, 9.17) is 8.94 Å². The van der Waals surface area contributed by atoms with Gasteiger partial charge in [0, 0.05) is 37.1 Å². The van der Waals surface area contributed by atoms with Gasteiger partial charge in [-0.05, 0) is 42.7 Å². The summed E-state index contributed by atoms with van der Waals surface area (Å²) in [4.78, 5) is 31.3. The van der Waals surface area contributed by atoms with Crippen LogP contribution in [0.4, 0.5) is 0 Å². The number of likely N-dealkylation sites (tertiary alicyclic amines) is 1. The molecule has 4 heterocycles. The van der Waals surface area contributed by atoms with E-state index in [0.717, 1.165) is 37.7 Å². The quantitative estimate of drug-likeness (QED) is 0.674. The average molecular weight is 422 g/mol. The third-order valence-electron chi connectivity index (χ3n) is 6.81. The Bertz CT molecular complexity index is 1090. The molecular formula is C23H26N4O4. The topological polar surface area (TPSA) is 101 Å².